The summed E-state index contributed by atoms with van der Waals surface area (Å²) in [6.45, 7) is 0. The van der Waals surface area contributed by atoms with Gasteiger partial charge in [-0.05, 0) is 85.9 Å². The van der Waals surface area contributed by atoms with Crippen LogP contribution < -0.4 is 5.32 Å². The lowest BCUT2D eigenvalue weighted by Crippen LogP contribution is -2.33. The molecule has 262 valence electrons. The monoisotopic (exact) mass is 717 g/mol. The smallest absolute Gasteiger partial charge is 0.159 e. The van der Waals surface area contributed by atoms with Crippen LogP contribution in [-0.4, -0.2) is 11.7 Å². The number of hydrogen-bond acceptors (Lipinski definition) is 5. The molecule has 1 aliphatic rings. The first-order valence-electron chi connectivity index (χ1n) is 18.9. The standard InChI is InChI=1S/C51H31N3O2/c1-2-11-30(12-3-1)49-52-50(54-51(53-49)41-18-10-20-46-48(41)40-17-8-9-19-44(40)55-46)33-22-25-39-43-28-32(23-26-45(43)56-47(39)29-33)31-21-24-38-36-15-5-4-13-34(36)35-14-6-7-16-37(35)42(38)27-31/h1-29,51H,(H,52,53,54). The molecular weight excluding hydrogens is 687 g/mol. The van der Waals surface area contributed by atoms with Gasteiger partial charge < -0.3 is 14.2 Å². The van der Waals surface area contributed by atoms with Crippen LogP contribution in [0.4, 0.5) is 0 Å². The number of furan rings is 2. The zero-order valence-electron chi connectivity index (χ0n) is 30.0. The van der Waals surface area contributed by atoms with Crippen LogP contribution in [0.2, 0.25) is 0 Å². The second-order valence-corrected chi connectivity index (χ2v) is 14.5. The van der Waals surface area contributed by atoms with Crippen LogP contribution in [0, 0.1) is 0 Å². The summed E-state index contributed by atoms with van der Waals surface area (Å²) in [5, 5.41) is 15.5. The summed E-state index contributed by atoms with van der Waals surface area (Å²) in [7, 11) is 0. The summed E-state index contributed by atoms with van der Waals surface area (Å²) in [6, 6.07) is 61.7. The second-order valence-electron chi connectivity index (χ2n) is 14.5. The fraction of sp³-hybridized carbons (Fsp3) is 0.0196. The third-order valence-electron chi connectivity index (χ3n) is 11.3. The molecule has 0 aliphatic carbocycles. The molecular formula is C51H31N3O2. The van der Waals surface area contributed by atoms with Crippen molar-refractivity contribution in [3.8, 4) is 11.1 Å². The van der Waals surface area contributed by atoms with Crippen LogP contribution in [0.1, 0.15) is 22.9 Å². The van der Waals surface area contributed by atoms with Crippen LogP contribution in [0.15, 0.2) is 195 Å². The van der Waals surface area contributed by atoms with Gasteiger partial charge in [-0.15, -0.1) is 0 Å². The van der Waals surface area contributed by atoms with Crippen molar-refractivity contribution in [1.82, 2.24) is 5.32 Å². The molecule has 12 rings (SSSR count). The summed E-state index contributed by atoms with van der Waals surface area (Å²) in [5.74, 6) is 1.40. The first-order chi connectivity index (χ1) is 27.7. The van der Waals surface area contributed by atoms with Crippen LogP contribution in [-0.2, 0) is 0 Å². The van der Waals surface area contributed by atoms with Gasteiger partial charge in [0.25, 0.3) is 0 Å². The number of nitrogens with one attached hydrogen (secondary N) is 1. The Hall–Kier alpha value is -7.50. The van der Waals surface area contributed by atoms with E-state index in [-0.39, 0.29) is 0 Å². The third-order valence-corrected chi connectivity index (χ3v) is 11.3. The Morgan fingerprint density at radius 2 is 0.946 bits per heavy atom. The minimum Gasteiger partial charge on any atom is -0.456 e. The minimum absolute atomic E-state index is 0.395. The van der Waals surface area contributed by atoms with Crippen LogP contribution in [0.5, 0.6) is 0 Å². The zero-order chi connectivity index (χ0) is 36.7. The molecule has 9 aromatic carbocycles. The highest BCUT2D eigenvalue weighted by atomic mass is 16.3. The molecule has 0 saturated carbocycles. The van der Waals surface area contributed by atoms with Crippen molar-refractivity contribution in [2.24, 2.45) is 9.98 Å². The van der Waals surface area contributed by atoms with E-state index < -0.39 is 6.17 Å². The number of para-hydroxylation sites is 1. The van der Waals surface area contributed by atoms with Gasteiger partial charge >= 0.3 is 0 Å². The van der Waals surface area contributed by atoms with Crippen molar-refractivity contribution in [1.29, 1.82) is 0 Å². The normalized spacial score (nSPS) is 14.6. The Kier molecular flexibility index (Phi) is 6.63. The van der Waals surface area contributed by atoms with Gasteiger partial charge in [0.2, 0.25) is 0 Å². The highest BCUT2D eigenvalue weighted by molar-refractivity contribution is 6.26. The Bertz CT molecular complexity index is 3430. The maximum Gasteiger partial charge on any atom is 0.159 e. The van der Waals surface area contributed by atoms with Gasteiger partial charge in [0.05, 0.1) is 0 Å². The Balaban J connectivity index is 0.976. The van der Waals surface area contributed by atoms with Gasteiger partial charge in [-0.3, -0.25) is 0 Å². The van der Waals surface area contributed by atoms with Crippen molar-refractivity contribution in [2.75, 3.05) is 0 Å². The second kappa shape index (κ2) is 12.0. The van der Waals surface area contributed by atoms with E-state index >= 15 is 0 Å². The van der Waals surface area contributed by atoms with E-state index in [9.17, 15) is 0 Å². The van der Waals surface area contributed by atoms with Crippen molar-refractivity contribution < 1.29 is 8.83 Å². The fourth-order valence-corrected chi connectivity index (χ4v) is 8.69. The maximum absolute atomic E-state index is 6.54. The third kappa shape index (κ3) is 4.74. The lowest BCUT2D eigenvalue weighted by atomic mass is 9.92. The van der Waals surface area contributed by atoms with Gasteiger partial charge in [0, 0.05) is 38.2 Å². The molecule has 0 spiro atoms. The fourth-order valence-electron chi connectivity index (χ4n) is 8.69. The summed E-state index contributed by atoms with van der Waals surface area (Å²) >= 11 is 0. The molecule has 1 N–H and O–H groups in total. The van der Waals surface area contributed by atoms with E-state index in [0.717, 1.165) is 72.0 Å². The number of hydrogen-bond donors (Lipinski definition) is 1. The molecule has 1 atom stereocenters. The molecule has 5 nitrogen and oxygen atoms in total. The number of fused-ring (bicyclic) bond motifs is 12. The summed E-state index contributed by atoms with van der Waals surface area (Å²) in [5.41, 5.74) is 8.54. The topological polar surface area (TPSA) is 63.0 Å². The minimum atomic E-state index is -0.395. The van der Waals surface area contributed by atoms with Crippen LogP contribution in [0.25, 0.3) is 87.3 Å². The molecule has 0 fully saturated rings. The van der Waals surface area contributed by atoms with Crippen molar-refractivity contribution in [2.45, 2.75) is 6.17 Å². The molecule has 0 amide bonds. The number of rotatable bonds is 4. The molecule has 3 heterocycles. The van der Waals surface area contributed by atoms with Gasteiger partial charge in [0.1, 0.15) is 34.3 Å². The average Bonchev–Trinajstić information content (AvgIpc) is 3.84. The van der Waals surface area contributed by atoms with Crippen molar-refractivity contribution >= 4 is 87.9 Å². The van der Waals surface area contributed by atoms with E-state index in [1.165, 1.54) is 37.9 Å². The van der Waals surface area contributed by atoms with Crippen LogP contribution >= 0.6 is 0 Å². The lowest BCUT2D eigenvalue weighted by Gasteiger charge is -2.24. The van der Waals surface area contributed by atoms with E-state index in [4.69, 9.17) is 18.8 Å². The highest BCUT2D eigenvalue weighted by Gasteiger charge is 2.25. The highest BCUT2D eigenvalue weighted by Crippen LogP contribution is 2.40. The quantitative estimate of drug-likeness (QED) is 0.184. The molecule has 0 bridgehead atoms. The molecule has 11 aromatic rings. The first kappa shape index (κ1) is 30.9. The van der Waals surface area contributed by atoms with E-state index in [2.05, 4.69) is 133 Å². The Labute approximate surface area is 320 Å². The number of benzene rings is 9. The van der Waals surface area contributed by atoms with Gasteiger partial charge in [0.15, 0.2) is 5.84 Å². The summed E-state index contributed by atoms with van der Waals surface area (Å²) in [6.07, 6.45) is -0.395. The van der Waals surface area contributed by atoms with E-state index in [0.29, 0.717) is 5.84 Å². The number of aliphatic imine (C=N–C) groups is 2. The number of nitrogens with zero attached hydrogens (tertiary/aromatic N) is 2. The zero-order valence-corrected chi connectivity index (χ0v) is 30.0. The molecule has 1 aliphatic heterocycles. The molecule has 56 heavy (non-hydrogen) atoms. The van der Waals surface area contributed by atoms with E-state index in [1.807, 2.05) is 48.5 Å². The van der Waals surface area contributed by atoms with Gasteiger partial charge in [-0.2, -0.15) is 0 Å². The maximum atomic E-state index is 6.54. The predicted octanol–water partition coefficient (Wildman–Crippen LogP) is 13.1. The molecule has 0 radical (unpaired) electrons. The Morgan fingerprint density at radius 1 is 0.375 bits per heavy atom. The predicted molar refractivity (Wildman–Crippen MR) is 231 cm³/mol. The van der Waals surface area contributed by atoms with Crippen molar-refractivity contribution in [3.63, 3.8) is 0 Å². The van der Waals surface area contributed by atoms with E-state index in [1.54, 1.807) is 0 Å². The largest absolute Gasteiger partial charge is 0.456 e. The molecule has 5 heteroatoms. The number of amidine groups is 2. The van der Waals surface area contributed by atoms with Gasteiger partial charge in [-0.25, -0.2) is 9.98 Å². The SMILES string of the molecule is c1ccc(C2=NC(c3ccc4c(c3)oc3ccc(-c5ccc6c7ccccc7c7ccccc7c6c5)cc34)=NC(c3cccc4oc5ccccc5c34)N2)cc1. The van der Waals surface area contributed by atoms with Crippen molar-refractivity contribution in [3.05, 3.63) is 193 Å². The average molecular weight is 718 g/mol. The van der Waals surface area contributed by atoms with Crippen LogP contribution in [0.3, 0.4) is 0 Å². The first-order valence-corrected chi connectivity index (χ1v) is 18.9. The molecule has 2 aromatic heterocycles. The Morgan fingerprint density at radius 3 is 1.73 bits per heavy atom. The molecule has 1 unspecified atom stereocenters. The summed E-state index contributed by atoms with van der Waals surface area (Å²) < 4.78 is 12.8. The summed E-state index contributed by atoms with van der Waals surface area (Å²) in [4.78, 5) is 10.3. The lowest BCUT2D eigenvalue weighted by molar-refractivity contribution is 0.662. The van der Waals surface area contributed by atoms with Gasteiger partial charge in [-0.1, -0.05) is 133 Å². The molecule has 0 saturated heterocycles.